The van der Waals surface area contributed by atoms with Crippen LogP contribution in [0.1, 0.15) is 0 Å². The number of benzene rings is 1. The summed E-state index contributed by atoms with van der Waals surface area (Å²) in [6.07, 6.45) is 3.04. The van der Waals surface area contributed by atoms with Crippen LogP contribution in [0.15, 0.2) is 34.3 Å². The summed E-state index contributed by atoms with van der Waals surface area (Å²) in [6, 6.07) is 7.05. The van der Waals surface area contributed by atoms with Crippen LogP contribution < -0.4 is 5.32 Å². The van der Waals surface area contributed by atoms with Crippen molar-refractivity contribution in [1.82, 2.24) is 5.32 Å². The molecule has 0 aliphatic rings. The second-order valence-electron chi connectivity index (χ2n) is 2.23. The molecule has 0 aliphatic carbocycles. The first-order valence-corrected chi connectivity index (χ1v) is 4.13. The van der Waals surface area contributed by atoms with Gasteiger partial charge in [-0.05, 0) is 36.5 Å². The molecule has 1 aromatic rings. The Hall–Kier alpha value is -2.02. The molecule has 0 aliphatic heterocycles. The number of nitrogens with one attached hydrogen (secondary N) is 1. The van der Waals surface area contributed by atoms with Gasteiger partial charge in [-0.1, -0.05) is 0 Å². The molecule has 0 amide bonds. The van der Waals surface area contributed by atoms with Gasteiger partial charge in [-0.2, -0.15) is 10.3 Å². The predicted octanol–water partition coefficient (Wildman–Crippen LogP) is 2.15. The molecule has 0 radical (unpaired) electrons. The molecule has 0 bridgehead atoms. The van der Waals surface area contributed by atoms with Gasteiger partial charge in [0.25, 0.3) is 0 Å². The van der Waals surface area contributed by atoms with E-state index in [9.17, 15) is 0 Å². The van der Waals surface area contributed by atoms with Gasteiger partial charge in [0.15, 0.2) is 6.19 Å². The third-order valence-corrected chi connectivity index (χ3v) is 1.46. The maximum atomic E-state index is 8.17. The van der Waals surface area contributed by atoms with Crippen LogP contribution in [0.4, 0.5) is 11.4 Å². The molecule has 1 aromatic carbocycles. The molecule has 0 heterocycles. The maximum absolute atomic E-state index is 8.17. The maximum Gasteiger partial charge on any atom is 0.182 e. The van der Waals surface area contributed by atoms with E-state index < -0.39 is 0 Å². The molecule has 14 heavy (non-hydrogen) atoms. The smallest absolute Gasteiger partial charge is 0.182 e. The Balaban J connectivity index is 2.74. The number of hydrogen-bond acceptors (Lipinski definition) is 4. The molecular formula is C9H6N4S. The fourth-order valence-electron chi connectivity index (χ4n) is 0.802. The molecule has 0 unspecified atom stereocenters. The summed E-state index contributed by atoms with van der Waals surface area (Å²) in [4.78, 5) is 7.74. The van der Waals surface area contributed by atoms with Crippen LogP contribution in [-0.2, 0) is 0 Å². The van der Waals surface area contributed by atoms with E-state index in [1.54, 1.807) is 30.5 Å². The first-order chi connectivity index (χ1) is 6.86. The van der Waals surface area contributed by atoms with Crippen LogP contribution in [0.3, 0.4) is 0 Å². The summed E-state index contributed by atoms with van der Waals surface area (Å²) >= 11 is 4.46. The fourth-order valence-corrected chi connectivity index (χ4v) is 0.907. The SMILES string of the molecule is N#CNC=Nc1ccc(N=C=S)cc1. The van der Waals surface area contributed by atoms with Crippen molar-refractivity contribution in [2.24, 2.45) is 9.98 Å². The van der Waals surface area contributed by atoms with Gasteiger partial charge < -0.3 is 0 Å². The van der Waals surface area contributed by atoms with Gasteiger partial charge in [-0.15, -0.1) is 0 Å². The van der Waals surface area contributed by atoms with E-state index in [-0.39, 0.29) is 0 Å². The lowest BCUT2D eigenvalue weighted by molar-refractivity contribution is 1.29. The first kappa shape index (κ1) is 10.1. The summed E-state index contributed by atoms with van der Waals surface area (Å²) in [7, 11) is 0. The average molecular weight is 202 g/mol. The van der Waals surface area contributed by atoms with Crippen molar-refractivity contribution in [3.8, 4) is 6.19 Å². The third-order valence-electron chi connectivity index (χ3n) is 1.37. The van der Waals surface area contributed by atoms with Crippen LogP contribution in [0.2, 0.25) is 0 Å². The minimum Gasteiger partial charge on any atom is -0.283 e. The van der Waals surface area contributed by atoms with Crippen LogP contribution >= 0.6 is 12.2 Å². The number of hydrogen-bond donors (Lipinski definition) is 1. The number of nitrogens with zero attached hydrogens (tertiary/aromatic N) is 3. The van der Waals surface area contributed by atoms with E-state index in [1.165, 1.54) is 6.34 Å². The van der Waals surface area contributed by atoms with Crippen molar-refractivity contribution in [2.45, 2.75) is 0 Å². The van der Waals surface area contributed by atoms with E-state index in [0.29, 0.717) is 0 Å². The zero-order chi connectivity index (χ0) is 10.2. The van der Waals surface area contributed by atoms with Gasteiger partial charge in [0.2, 0.25) is 0 Å². The highest BCUT2D eigenvalue weighted by molar-refractivity contribution is 7.78. The number of thiocarbonyl (C=S) groups is 1. The van der Waals surface area contributed by atoms with Crippen molar-refractivity contribution >= 4 is 35.1 Å². The second kappa shape index (κ2) is 5.60. The third kappa shape index (κ3) is 3.15. The largest absolute Gasteiger partial charge is 0.283 e. The molecule has 1 N–H and O–H groups in total. The molecule has 68 valence electrons. The normalized spacial score (nSPS) is 9.07. The number of isothiocyanates is 1. The van der Waals surface area contributed by atoms with Crippen molar-refractivity contribution in [3.05, 3.63) is 24.3 Å². The number of nitriles is 1. The van der Waals surface area contributed by atoms with Crippen LogP contribution in [0.25, 0.3) is 0 Å². The number of aliphatic imine (C=N–C) groups is 2. The van der Waals surface area contributed by atoms with Gasteiger partial charge in [0.05, 0.1) is 16.5 Å². The topological polar surface area (TPSA) is 60.5 Å². The lowest BCUT2D eigenvalue weighted by atomic mass is 10.3. The molecule has 1 rings (SSSR count). The molecule has 0 spiro atoms. The lowest BCUT2D eigenvalue weighted by Gasteiger charge is -1.92. The van der Waals surface area contributed by atoms with E-state index >= 15 is 0 Å². The minimum atomic E-state index is 0.729. The molecule has 0 fully saturated rings. The highest BCUT2D eigenvalue weighted by Gasteiger charge is 1.88. The summed E-state index contributed by atoms with van der Waals surface area (Å²) in [5, 5.41) is 12.7. The highest BCUT2D eigenvalue weighted by atomic mass is 32.1. The van der Waals surface area contributed by atoms with Gasteiger partial charge >= 0.3 is 0 Å². The summed E-state index contributed by atoms with van der Waals surface area (Å²) in [5.74, 6) is 0. The predicted molar refractivity (Wildman–Crippen MR) is 58.0 cm³/mol. The Labute approximate surface area is 86.6 Å². The van der Waals surface area contributed by atoms with E-state index in [2.05, 4.69) is 32.7 Å². The molecule has 0 saturated carbocycles. The quantitative estimate of drug-likeness (QED) is 0.268. The zero-order valence-electron chi connectivity index (χ0n) is 7.14. The summed E-state index contributed by atoms with van der Waals surface area (Å²) in [5.41, 5.74) is 1.46. The first-order valence-electron chi connectivity index (χ1n) is 3.72. The molecule has 0 atom stereocenters. The monoisotopic (exact) mass is 202 g/mol. The van der Waals surface area contributed by atoms with Crippen molar-refractivity contribution in [1.29, 1.82) is 5.26 Å². The molecule has 5 heteroatoms. The van der Waals surface area contributed by atoms with Crippen LogP contribution in [-0.4, -0.2) is 11.5 Å². The van der Waals surface area contributed by atoms with E-state index in [0.717, 1.165) is 11.4 Å². The van der Waals surface area contributed by atoms with Gasteiger partial charge in [-0.3, -0.25) is 5.32 Å². The highest BCUT2D eigenvalue weighted by Crippen LogP contribution is 2.17. The fraction of sp³-hybridized carbons (Fsp3) is 0. The molecular weight excluding hydrogens is 196 g/mol. The van der Waals surface area contributed by atoms with E-state index in [1.807, 2.05) is 0 Å². The molecule has 0 aromatic heterocycles. The van der Waals surface area contributed by atoms with Gasteiger partial charge in [0.1, 0.15) is 6.34 Å². The summed E-state index contributed by atoms with van der Waals surface area (Å²) < 4.78 is 0. The minimum absolute atomic E-state index is 0.729. The van der Waals surface area contributed by atoms with Gasteiger partial charge in [-0.25, -0.2) is 4.99 Å². The van der Waals surface area contributed by atoms with Crippen LogP contribution in [0, 0.1) is 11.5 Å². The second-order valence-corrected chi connectivity index (χ2v) is 2.42. The standard InChI is InChI=1S/C9H6N4S/c10-5-11-6-12-8-1-3-9(4-2-8)13-7-14/h1-4,6H,(H,11,12). The van der Waals surface area contributed by atoms with Gasteiger partial charge in [0, 0.05) is 0 Å². The molecule has 4 nitrogen and oxygen atoms in total. The number of rotatable bonds is 3. The lowest BCUT2D eigenvalue weighted by Crippen LogP contribution is -1.98. The van der Waals surface area contributed by atoms with E-state index in [4.69, 9.17) is 5.26 Å². The Bertz CT molecular complexity index is 409. The Kier molecular flexibility index (Phi) is 4.02. The van der Waals surface area contributed by atoms with Crippen molar-refractivity contribution in [3.63, 3.8) is 0 Å². The Morgan fingerprint density at radius 1 is 1.29 bits per heavy atom. The van der Waals surface area contributed by atoms with Crippen molar-refractivity contribution < 1.29 is 0 Å². The zero-order valence-corrected chi connectivity index (χ0v) is 7.95. The van der Waals surface area contributed by atoms with Crippen molar-refractivity contribution in [2.75, 3.05) is 0 Å². The van der Waals surface area contributed by atoms with Crippen LogP contribution in [0.5, 0.6) is 0 Å². The Morgan fingerprint density at radius 2 is 1.93 bits per heavy atom. The summed E-state index contributed by atoms with van der Waals surface area (Å²) in [6.45, 7) is 0. The Morgan fingerprint density at radius 3 is 2.50 bits per heavy atom. The average Bonchev–Trinajstić information content (AvgIpc) is 2.21. The molecule has 0 saturated heterocycles.